The predicted molar refractivity (Wildman–Crippen MR) is 97.4 cm³/mol. The molecule has 0 saturated carbocycles. The quantitative estimate of drug-likeness (QED) is 0.657. The van der Waals surface area contributed by atoms with Crippen LogP contribution in [0, 0.1) is 0 Å². The minimum absolute atomic E-state index is 0. The third-order valence-corrected chi connectivity index (χ3v) is 4.00. The lowest BCUT2D eigenvalue weighted by Gasteiger charge is -2.09. The predicted octanol–water partition coefficient (Wildman–Crippen LogP) is 1.90. The maximum Gasteiger partial charge on any atom is 0.272 e. The smallest absolute Gasteiger partial charge is 0.272 e. The van der Waals surface area contributed by atoms with Crippen LogP contribution in [0.1, 0.15) is 5.56 Å². The molecule has 0 amide bonds. The Kier molecular flexibility index (Phi) is 6.27. The van der Waals surface area contributed by atoms with E-state index in [4.69, 9.17) is 4.74 Å². The van der Waals surface area contributed by atoms with Gasteiger partial charge in [0.05, 0.1) is 18.2 Å². The normalized spacial score (nSPS) is 11.8. The molecule has 3 aromatic rings. The van der Waals surface area contributed by atoms with Crippen molar-refractivity contribution in [2.45, 2.75) is 6.54 Å². The van der Waals surface area contributed by atoms with E-state index in [0.29, 0.717) is 22.2 Å². The van der Waals surface area contributed by atoms with Gasteiger partial charge in [-0.15, -0.1) is 12.4 Å². The number of nitrogens with zero attached hydrogens (tertiary/aromatic N) is 1. The molecule has 1 unspecified atom stereocenters. The van der Waals surface area contributed by atoms with Crippen molar-refractivity contribution in [3.8, 4) is 17.0 Å². The SMILES string of the molecule is COc1ccc2c(-c3ccc(CNS(=O)[O-])cc3)n[nH]c(=O)c2c1.Cl. The number of benzene rings is 2. The van der Waals surface area contributed by atoms with Crippen molar-refractivity contribution in [1.82, 2.24) is 14.9 Å². The molecule has 1 aromatic heterocycles. The molecule has 0 bridgehead atoms. The summed E-state index contributed by atoms with van der Waals surface area (Å²) in [6.07, 6.45) is 0. The number of nitrogens with one attached hydrogen (secondary N) is 2. The molecule has 1 atom stereocenters. The zero-order chi connectivity index (χ0) is 17.1. The van der Waals surface area contributed by atoms with Crippen LogP contribution < -0.4 is 15.0 Å². The number of hydrogen-bond acceptors (Lipinski definition) is 5. The highest BCUT2D eigenvalue weighted by molar-refractivity contribution is 7.77. The van der Waals surface area contributed by atoms with Crippen molar-refractivity contribution in [3.63, 3.8) is 0 Å². The fourth-order valence-electron chi connectivity index (χ4n) is 2.41. The second kappa shape index (κ2) is 8.21. The average Bonchev–Trinajstić information content (AvgIpc) is 2.61. The van der Waals surface area contributed by atoms with Crippen molar-refractivity contribution in [1.29, 1.82) is 0 Å². The molecule has 2 aromatic carbocycles. The lowest BCUT2D eigenvalue weighted by atomic mass is 10.0. The highest BCUT2D eigenvalue weighted by Crippen LogP contribution is 2.27. The molecule has 0 radical (unpaired) electrons. The standard InChI is InChI=1S/C16H15N3O4S.ClH/c1-23-12-6-7-13-14(8-12)16(20)19-18-15(13)11-4-2-10(3-5-11)9-17-24(21)22;/h2-8,17H,9H2,1H3,(H,19,20)(H,21,22);1H/p-1. The van der Waals surface area contributed by atoms with Gasteiger partial charge in [-0.1, -0.05) is 24.3 Å². The largest absolute Gasteiger partial charge is 0.760 e. The van der Waals surface area contributed by atoms with Crippen molar-refractivity contribution in [2.75, 3.05) is 7.11 Å². The number of H-pyrrole nitrogens is 1. The molecule has 9 heteroatoms. The minimum Gasteiger partial charge on any atom is -0.760 e. The summed E-state index contributed by atoms with van der Waals surface area (Å²) in [4.78, 5) is 12.0. The summed E-state index contributed by atoms with van der Waals surface area (Å²) in [5, 5.41) is 7.84. The number of aromatic amines is 1. The molecule has 0 fully saturated rings. The topological polar surface area (TPSA) is 107 Å². The first-order chi connectivity index (χ1) is 11.6. The van der Waals surface area contributed by atoms with E-state index in [2.05, 4.69) is 14.9 Å². The van der Waals surface area contributed by atoms with Crippen LogP contribution in [0.25, 0.3) is 22.0 Å². The van der Waals surface area contributed by atoms with Gasteiger partial charge in [-0.2, -0.15) is 5.10 Å². The molecule has 0 saturated heterocycles. The molecule has 7 nitrogen and oxygen atoms in total. The fraction of sp³-hybridized carbons (Fsp3) is 0.125. The Morgan fingerprint density at radius 2 is 1.92 bits per heavy atom. The van der Waals surface area contributed by atoms with E-state index < -0.39 is 11.3 Å². The molecular weight excluding hydrogens is 366 g/mol. The van der Waals surface area contributed by atoms with Crippen LogP contribution in [0.15, 0.2) is 47.3 Å². The van der Waals surface area contributed by atoms with Crippen LogP contribution >= 0.6 is 12.4 Å². The Hall–Kier alpha value is -2.26. The van der Waals surface area contributed by atoms with E-state index in [1.165, 1.54) is 0 Å². The summed E-state index contributed by atoms with van der Waals surface area (Å²) in [6.45, 7) is 0.216. The number of rotatable bonds is 5. The van der Waals surface area contributed by atoms with E-state index >= 15 is 0 Å². The van der Waals surface area contributed by atoms with Crippen LogP contribution in [0.4, 0.5) is 0 Å². The number of methoxy groups -OCH3 is 1. The van der Waals surface area contributed by atoms with Crippen LogP contribution in [-0.2, 0) is 17.8 Å². The summed E-state index contributed by atoms with van der Waals surface area (Å²) in [7, 11) is 1.54. The molecule has 0 spiro atoms. The van der Waals surface area contributed by atoms with E-state index in [1.807, 2.05) is 12.1 Å². The van der Waals surface area contributed by atoms with Crippen LogP contribution in [0.2, 0.25) is 0 Å². The lowest BCUT2D eigenvalue weighted by molar-refractivity contribution is 0.415. The van der Waals surface area contributed by atoms with Crippen molar-refractivity contribution >= 4 is 34.4 Å². The van der Waals surface area contributed by atoms with Gasteiger partial charge in [-0.25, -0.2) is 9.82 Å². The second-order valence-corrected chi connectivity index (χ2v) is 5.82. The maximum atomic E-state index is 12.0. The molecule has 2 N–H and O–H groups in total. The summed E-state index contributed by atoms with van der Waals surface area (Å²) in [5.74, 6) is 0.595. The molecule has 132 valence electrons. The van der Waals surface area contributed by atoms with Gasteiger partial charge < -0.3 is 9.29 Å². The van der Waals surface area contributed by atoms with E-state index in [0.717, 1.165) is 11.1 Å². The molecule has 0 aliphatic carbocycles. The first-order valence-corrected chi connectivity index (χ1v) is 8.14. The molecule has 25 heavy (non-hydrogen) atoms. The van der Waals surface area contributed by atoms with E-state index in [9.17, 15) is 13.6 Å². The number of hydrogen-bond donors (Lipinski definition) is 2. The van der Waals surface area contributed by atoms with E-state index in [-0.39, 0.29) is 24.5 Å². The van der Waals surface area contributed by atoms with Crippen molar-refractivity contribution in [3.05, 3.63) is 58.4 Å². The number of halogens is 1. The summed E-state index contributed by atoms with van der Waals surface area (Å²) in [6, 6.07) is 12.5. The third kappa shape index (κ3) is 4.23. The van der Waals surface area contributed by atoms with Crippen LogP contribution in [0.5, 0.6) is 5.75 Å². The van der Waals surface area contributed by atoms with Gasteiger partial charge in [0, 0.05) is 28.8 Å². The van der Waals surface area contributed by atoms with Crippen molar-refractivity contribution < 1.29 is 13.5 Å². The van der Waals surface area contributed by atoms with Crippen LogP contribution in [0.3, 0.4) is 0 Å². The van der Waals surface area contributed by atoms with Gasteiger partial charge in [0.1, 0.15) is 5.75 Å². The molecule has 1 heterocycles. The second-order valence-electron chi connectivity index (χ2n) is 5.07. The summed E-state index contributed by atoms with van der Waals surface area (Å²) in [5.41, 5.74) is 1.98. The Balaban J connectivity index is 0.00000225. The number of fused-ring (bicyclic) bond motifs is 1. The van der Waals surface area contributed by atoms with Gasteiger partial charge in [0.2, 0.25) is 0 Å². The summed E-state index contributed by atoms with van der Waals surface area (Å²) >= 11 is -2.30. The Morgan fingerprint density at radius 3 is 2.56 bits per heavy atom. The minimum atomic E-state index is -2.30. The summed E-state index contributed by atoms with van der Waals surface area (Å²) < 4.78 is 28.5. The molecular formula is C16H15ClN3O4S-. The Labute approximate surface area is 152 Å². The highest BCUT2D eigenvalue weighted by atomic mass is 35.5. The van der Waals surface area contributed by atoms with Crippen LogP contribution in [-0.4, -0.2) is 26.1 Å². The monoisotopic (exact) mass is 380 g/mol. The molecule has 0 aliphatic rings. The first-order valence-electron chi connectivity index (χ1n) is 7.07. The zero-order valence-corrected chi connectivity index (χ0v) is 14.8. The highest BCUT2D eigenvalue weighted by Gasteiger charge is 2.10. The average molecular weight is 381 g/mol. The Bertz CT molecular complexity index is 960. The Morgan fingerprint density at radius 1 is 1.20 bits per heavy atom. The number of ether oxygens (including phenoxy) is 1. The van der Waals surface area contributed by atoms with Gasteiger partial charge in [-0.05, 0) is 23.8 Å². The molecule has 0 aliphatic heterocycles. The van der Waals surface area contributed by atoms with Gasteiger partial charge in [0.25, 0.3) is 5.56 Å². The van der Waals surface area contributed by atoms with Gasteiger partial charge in [-0.3, -0.25) is 9.00 Å². The van der Waals surface area contributed by atoms with Gasteiger partial charge >= 0.3 is 0 Å². The fourth-order valence-corrected chi connectivity index (χ4v) is 2.70. The van der Waals surface area contributed by atoms with Gasteiger partial charge in [0.15, 0.2) is 0 Å². The van der Waals surface area contributed by atoms with Crippen molar-refractivity contribution in [2.24, 2.45) is 0 Å². The molecule has 3 rings (SSSR count). The third-order valence-electron chi connectivity index (χ3n) is 3.62. The zero-order valence-electron chi connectivity index (χ0n) is 13.1. The first kappa shape index (κ1) is 19.1. The number of aromatic nitrogens is 2. The lowest BCUT2D eigenvalue weighted by Crippen LogP contribution is -2.15. The van der Waals surface area contributed by atoms with E-state index in [1.54, 1.807) is 37.4 Å². The maximum absolute atomic E-state index is 12.0.